The van der Waals surface area contributed by atoms with Crippen LogP contribution in [0.2, 0.25) is 0 Å². The summed E-state index contributed by atoms with van der Waals surface area (Å²) in [4.78, 5) is 10.7. The SMILES string of the molecule is CC(C)CC(O)(CCC(=O)O)c1ccccc1. The zero-order valence-corrected chi connectivity index (χ0v) is 10.4. The highest BCUT2D eigenvalue weighted by atomic mass is 16.4. The van der Waals surface area contributed by atoms with Gasteiger partial charge in [0.1, 0.15) is 0 Å². The molecule has 0 spiro atoms. The Hall–Kier alpha value is -1.35. The van der Waals surface area contributed by atoms with Crippen molar-refractivity contribution in [3.63, 3.8) is 0 Å². The lowest BCUT2D eigenvalue weighted by Gasteiger charge is -2.30. The average Bonchev–Trinajstić information content (AvgIpc) is 2.27. The maximum Gasteiger partial charge on any atom is 0.303 e. The molecule has 2 N–H and O–H groups in total. The molecule has 0 aliphatic heterocycles. The highest BCUT2D eigenvalue weighted by molar-refractivity contribution is 5.66. The lowest BCUT2D eigenvalue weighted by atomic mass is 9.82. The van der Waals surface area contributed by atoms with Crippen molar-refractivity contribution in [1.29, 1.82) is 0 Å². The van der Waals surface area contributed by atoms with Crippen molar-refractivity contribution in [2.75, 3.05) is 0 Å². The minimum atomic E-state index is -1.03. The summed E-state index contributed by atoms with van der Waals surface area (Å²) < 4.78 is 0. The molecule has 0 bridgehead atoms. The van der Waals surface area contributed by atoms with Gasteiger partial charge in [0.15, 0.2) is 0 Å². The van der Waals surface area contributed by atoms with Gasteiger partial charge in [0.05, 0.1) is 5.60 Å². The van der Waals surface area contributed by atoms with Crippen LogP contribution >= 0.6 is 0 Å². The number of hydrogen-bond acceptors (Lipinski definition) is 2. The Morgan fingerprint density at radius 1 is 1.29 bits per heavy atom. The minimum Gasteiger partial charge on any atom is -0.481 e. The summed E-state index contributed by atoms with van der Waals surface area (Å²) in [5.41, 5.74) is -0.233. The molecular weight excluding hydrogens is 216 g/mol. The molecule has 0 fully saturated rings. The number of carboxylic acid groups (broad SMARTS) is 1. The molecule has 3 nitrogen and oxygen atoms in total. The van der Waals surface area contributed by atoms with E-state index < -0.39 is 11.6 Å². The van der Waals surface area contributed by atoms with Gasteiger partial charge in [-0.15, -0.1) is 0 Å². The molecule has 0 aromatic heterocycles. The van der Waals surface area contributed by atoms with E-state index in [0.717, 1.165) is 5.56 Å². The first kappa shape index (κ1) is 13.7. The van der Waals surface area contributed by atoms with E-state index in [9.17, 15) is 9.90 Å². The second-order valence-corrected chi connectivity index (χ2v) is 4.89. The minimum absolute atomic E-state index is 0.0158. The van der Waals surface area contributed by atoms with E-state index in [-0.39, 0.29) is 12.8 Å². The van der Waals surface area contributed by atoms with E-state index >= 15 is 0 Å². The zero-order valence-electron chi connectivity index (χ0n) is 10.4. The predicted octanol–water partition coefficient (Wildman–Crippen LogP) is 2.79. The van der Waals surface area contributed by atoms with E-state index in [1.165, 1.54) is 0 Å². The first-order valence-corrected chi connectivity index (χ1v) is 5.94. The average molecular weight is 236 g/mol. The third-order valence-electron chi connectivity index (χ3n) is 2.81. The van der Waals surface area contributed by atoms with Crippen LogP contribution in [0.1, 0.15) is 38.7 Å². The molecule has 1 rings (SSSR count). The number of benzene rings is 1. The lowest BCUT2D eigenvalue weighted by Crippen LogP contribution is -2.28. The smallest absolute Gasteiger partial charge is 0.303 e. The fourth-order valence-electron chi connectivity index (χ4n) is 2.10. The van der Waals surface area contributed by atoms with Crippen LogP contribution in [-0.4, -0.2) is 16.2 Å². The van der Waals surface area contributed by atoms with E-state index in [2.05, 4.69) is 0 Å². The van der Waals surface area contributed by atoms with Crippen molar-refractivity contribution in [1.82, 2.24) is 0 Å². The normalized spacial score (nSPS) is 14.6. The Morgan fingerprint density at radius 3 is 2.35 bits per heavy atom. The van der Waals surface area contributed by atoms with E-state index in [4.69, 9.17) is 5.11 Å². The van der Waals surface area contributed by atoms with Crippen LogP contribution in [0.15, 0.2) is 30.3 Å². The van der Waals surface area contributed by atoms with Gasteiger partial charge in [-0.3, -0.25) is 4.79 Å². The molecule has 94 valence electrons. The Morgan fingerprint density at radius 2 is 1.88 bits per heavy atom. The number of aliphatic hydroxyl groups is 1. The molecule has 1 unspecified atom stereocenters. The molecule has 1 atom stereocenters. The third-order valence-corrected chi connectivity index (χ3v) is 2.81. The Labute approximate surface area is 102 Å². The van der Waals surface area contributed by atoms with Gasteiger partial charge >= 0.3 is 5.97 Å². The Kier molecular flexibility index (Phi) is 4.70. The van der Waals surface area contributed by atoms with Crippen molar-refractivity contribution in [2.45, 2.75) is 38.7 Å². The second kappa shape index (κ2) is 5.82. The summed E-state index contributed by atoms with van der Waals surface area (Å²) in [6, 6.07) is 9.31. The topological polar surface area (TPSA) is 57.5 Å². The van der Waals surface area contributed by atoms with Gasteiger partial charge in [-0.1, -0.05) is 44.2 Å². The number of carbonyl (C=O) groups is 1. The maximum atomic E-state index is 10.7. The number of hydrogen-bond donors (Lipinski definition) is 2. The van der Waals surface area contributed by atoms with Gasteiger partial charge in [0.2, 0.25) is 0 Å². The number of carboxylic acids is 1. The maximum absolute atomic E-state index is 10.7. The molecule has 0 amide bonds. The van der Waals surface area contributed by atoms with Crippen molar-refractivity contribution in [2.24, 2.45) is 5.92 Å². The van der Waals surface area contributed by atoms with Gasteiger partial charge in [-0.2, -0.15) is 0 Å². The van der Waals surface area contributed by atoms with Gasteiger partial charge < -0.3 is 10.2 Å². The highest BCUT2D eigenvalue weighted by Crippen LogP contribution is 2.33. The molecule has 0 saturated heterocycles. The van der Waals surface area contributed by atoms with E-state index in [1.54, 1.807) is 0 Å². The summed E-state index contributed by atoms with van der Waals surface area (Å²) >= 11 is 0. The number of rotatable bonds is 6. The highest BCUT2D eigenvalue weighted by Gasteiger charge is 2.30. The first-order valence-electron chi connectivity index (χ1n) is 5.94. The van der Waals surface area contributed by atoms with Crippen LogP contribution in [0.5, 0.6) is 0 Å². The second-order valence-electron chi connectivity index (χ2n) is 4.89. The van der Waals surface area contributed by atoms with Gasteiger partial charge in [0.25, 0.3) is 0 Å². The van der Waals surface area contributed by atoms with E-state index in [0.29, 0.717) is 12.3 Å². The molecule has 0 radical (unpaired) electrons. The standard InChI is InChI=1S/C14H20O3/c1-11(2)10-14(17,9-8-13(15)16)12-6-4-3-5-7-12/h3-7,11,17H,8-10H2,1-2H3,(H,15,16). The van der Waals surface area contributed by atoms with Crippen LogP contribution in [0.25, 0.3) is 0 Å². The molecule has 0 saturated carbocycles. The fraction of sp³-hybridized carbons (Fsp3) is 0.500. The Bertz CT molecular complexity index is 359. The van der Waals surface area contributed by atoms with Crippen LogP contribution in [0, 0.1) is 5.92 Å². The molecule has 0 aliphatic carbocycles. The van der Waals surface area contributed by atoms with Crippen molar-refractivity contribution >= 4 is 5.97 Å². The van der Waals surface area contributed by atoms with Crippen LogP contribution < -0.4 is 0 Å². The van der Waals surface area contributed by atoms with E-state index in [1.807, 2.05) is 44.2 Å². The Balaban J connectivity index is 2.89. The summed E-state index contributed by atoms with van der Waals surface area (Å²) in [6.07, 6.45) is 0.812. The quantitative estimate of drug-likeness (QED) is 0.798. The molecule has 1 aromatic carbocycles. The zero-order chi connectivity index (χ0) is 12.9. The van der Waals surface area contributed by atoms with Crippen LogP contribution in [0.4, 0.5) is 0 Å². The van der Waals surface area contributed by atoms with Crippen LogP contribution in [0.3, 0.4) is 0 Å². The summed E-state index contributed by atoms with van der Waals surface area (Å²) in [5.74, 6) is -0.558. The molecule has 0 aliphatic rings. The van der Waals surface area contributed by atoms with Crippen molar-refractivity contribution in [3.05, 3.63) is 35.9 Å². The number of aliphatic carboxylic acids is 1. The van der Waals surface area contributed by atoms with Gasteiger partial charge in [-0.25, -0.2) is 0 Å². The molecule has 17 heavy (non-hydrogen) atoms. The lowest BCUT2D eigenvalue weighted by molar-refractivity contribution is -0.138. The van der Waals surface area contributed by atoms with Crippen molar-refractivity contribution < 1.29 is 15.0 Å². The summed E-state index contributed by atoms with van der Waals surface area (Å²) in [6.45, 7) is 4.04. The summed E-state index contributed by atoms with van der Waals surface area (Å²) in [5, 5.41) is 19.4. The largest absolute Gasteiger partial charge is 0.481 e. The third kappa shape index (κ3) is 4.19. The van der Waals surface area contributed by atoms with Crippen LogP contribution in [-0.2, 0) is 10.4 Å². The first-order chi connectivity index (χ1) is 7.94. The van der Waals surface area contributed by atoms with Gasteiger partial charge in [0, 0.05) is 6.42 Å². The van der Waals surface area contributed by atoms with Crippen molar-refractivity contribution in [3.8, 4) is 0 Å². The predicted molar refractivity (Wildman–Crippen MR) is 66.7 cm³/mol. The molecule has 1 aromatic rings. The van der Waals surface area contributed by atoms with Gasteiger partial charge in [-0.05, 0) is 24.3 Å². The fourth-order valence-corrected chi connectivity index (χ4v) is 2.10. The molecular formula is C14H20O3. The summed E-state index contributed by atoms with van der Waals surface area (Å²) in [7, 11) is 0. The molecule has 3 heteroatoms. The monoisotopic (exact) mass is 236 g/mol. The molecule has 0 heterocycles.